The first-order valence-electron chi connectivity index (χ1n) is 5.70. The summed E-state index contributed by atoms with van der Waals surface area (Å²) in [5.74, 6) is 0.321. The third-order valence-electron chi connectivity index (χ3n) is 2.13. The molecule has 108 valence electrons. The van der Waals surface area contributed by atoms with E-state index in [1.165, 1.54) is 19.0 Å². The van der Waals surface area contributed by atoms with E-state index in [2.05, 4.69) is 20.4 Å². The topological polar surface area (TPSA) is 92.6 Å². The van der Waals surface area contributed by atoms with Gasteiger partial charge in [0.25, 0.3) is 6.47 Å². The summed E-state index contributed by atoms with van der Waals surface area (Å²) in [7, 11) is 3.10. The predicted molar refractivity (Wildman–Crippen MR) is 71.6 cm³/mol. The Morgan fingerprint density at radius 1 is 1.50 bits per heavy atom. The summed E-state index contributed by atoms with van der Waals surface area (Å²) >= 11 is 0. The fraction of sp³-hybridized carbons (Fsp3) is 0.333. The van der Waals surface area contributed by atoms with E-state index in [1.807, 2.05) is 0 Å². The molecule has 20 heavy (non-hydrogen) atoms. The molecule has 0 spiro atoms. The predicted octanol–water partition coefficient (Wildman–Crippen LogP) is 1.71. The van der Waals surface area contributed by atoms with Gasteiger partial charge in [0, 0.05) is 19.7 Å². The minimum absolute atomic E-state index is 0.0132. The fourth-order valence-electron chi connectivity index (χ4n) is 1.34. The monoisotopic (exact) mass is 280 g/mol. The van der Waals surface area contributed by atoms with Crippen LogP contribution in [-0.4, -0.2) is 38.3 Å². The second-order valence-corrected chi connectivity index (χ2v) is 3.81. The molecule has 0 saturated heterocycles. The van der Waals surface area contributed by atoms with Gasteiger partial charge in [-0.25, -0.2) is 5.01 Å². The van der Waals surface area contributed by atoms with Crippen LogP contribution < -0.4 is 10.1 Å². The van der Waals surface area contributed by atoms with Crippen molar-refractivity contribution in [3.05, 3.63) is 18.2 Å². The third kappa shape index (κ3) is 4.92. The van der Waals surface area contributed by atoms with Crippen LogP contribution in [0.5, 0.6) is 5.75 Å². The molecule has 8 nitrogen and oxygen atoms in total. The molecular weight excluding hydrogens is 264 g/mol. The zero-order valence-corrected chi connectivity index (χ0v) is 11.5. The number of anilines is 1. The van der Waals surface area contributed by atoms with Gasteiger partial charge in [-0.2, -0.15) is 0 Å². The van der Waals surface area contributed by atoms with E-state index in [9.17, 15) is 9.59 Å². The van der Waals surface area contributed by atoms with Crippen molar-refractivity contribution in [2.75, 3.05) is 26.2 Å². The number of carbonyl (C=O) groups is 2. The van der Waals surface area contributed by atoms with E-state index in [4.69, 9.17) is 4.74 Å². The Morgan fingerprint density at radius 2 is 2.25 bits per heavy atom. The Kier molecular flexibility index (Phi) is 5.95. The number of nitrogens with zero attached hydrogens (tertiary/aromatic N) is 3. The summed E-state index contributed by atoms with van der Waals surface area (Å²) < 4.78 is 9.67. The van der Waals surface area contributed by atoms with Gasteiger partial charge >= 0.3 is 0 Å². The maximum absolute atomic E-state index is 11.0. The third-order valence-corrected chi connectivity index (χ3v) is 2.13. The van der Waals surface area contributed by atoms with E-state index >= 15 is 0 Å². The highest BCUT2D eigenvalue weighted by Crippen LogP contribution is 2.30. The molecule has 0 radical (unpaired) electrons. The molecule has 1 rings (SSSR count). The van der Waals surface area contributed by atoms with Crippen LogP contribution in [0.4, 0.5) is 11.4 Å². The molecular formula is C12H16N4O4. The Balaban J connectivity index is 2.87. The maximum atomic E-state index is 11.0. The highest BCUT2D eigenvalue weighted by atomic mass is 16.5. The smallest absolute Gasteiger partial charge is 0.294 e. The number of ether oxygens (including phenoxy) is 2. The summed E-state index contributed by atoms with van der Waals surface area (Å²) in [4.78, 5) is 21.1. The number of amides is 1. The average Bonchev–Trinajstić information content (AvgIpc) is 2.42. The molecule has 0 atom stereocenters. The number of hydrogen-bond donors (Lipinski definition) is 1. The van der Waals surface area contributed by atoms with Crippen LogP contribution in [0, 0.1) is 0 Å². The second-order valence-electron chi connectivity index (χ2n) is 3.81. The number of nitrogens with one attached hydrogen (secondary N) is 1. The van der Waals surface area contributed by atoms with Gasteiger partial charge in [-0.15, -0.1) is 5.11 Å². The van der Waals surface area contributed by atoms with Gasteiger partial charge in [0.05, 0.1) is 7.11 Å². The first kappa shape index (κ1) is 15.4. The second kappa shape index (κ2) is 7.72. The van der Waals surface area contributed by atoms with Crippen molar-refractivity contribution in [3.8, 4) is 5.75 Å². The summed E-state index contributed by atoms with van der Waals surface area (Å²) in [6, 6.07) is 4.98. The lowest BCUT2D eigenvalue weighted by atomic mass is 10.2. The van der Waals surface area contributed by atoms with E-state index in [0.29, 0.717) is 23.6 Å². The van der Waals surface area contributed by atoms with Gasteiger partial charge in [0.1, 0.15) is 11.4 Å². The van der Waals surface area contributed by atoms with E-state index in [1.54, 1.807) is 25.2 Å². The molecule has 0 aromatic heterocycles. The van der Waals surface area contributed by atoms with Crippen LogP contribution in [0.1, 0.15) is 6.92 Å². The molecule has 0 aliphatic carbocycles. The van der Waals surface area contributed by atoms with Gasteiger partial charge in [-0.1, -0.05) is 5.22 Å². The van der Waals surface area contributed by atoms with Gasteiger partial charge in [0.2, 0.25) is 5.91 Å². The highest BCUT2D eigenvalue weighted by molar-refractivity contribution is 5.89. The van der Waals surface area contributed by atoms with Crippen LogP contribution in [0.25, 0.3) is 0 Å². The summed E-state index contributed by atoms with van der Waals surface area (Å²) in [5, 5.41) is 11.8. The van der Waals surface area contributed by atoms with Gasteiger partial charge in [0.15, 0.2) is 6.73 Å². The highest BCUT2D eigenvalue weighted by Gasteiger charge is 2.05. The Hall–Kier alpha value is -2.64. The average molecular weight is 280 g/mol. The largest absolute Gasteiger partial charge is 0.494 e. The molecule has 0 aliphatic heterocycles. The first-order valence-corrected chi connectivity index (χ1v) is 5.70. The van der Waals surface area contributed by atoms with Crippen LogP contribution >= 0.6 is 0 Å². The Bertz CT molecular complexity index is 504. The Labute approximate surface area is 116 Å². The fourth-order valence-corrected chi connectivity index (χ4v) is 1.34. The quantitative estimate of drug-likeness (QED) is 0.355. The first-order chi connectivity index (χ1) is 9.56. The van der Waals surface area contributed by atoms with E-state index in [0.717, 1.165) is 0 Å². The summed E-state index contributed by atoms with van der Waals surface area (Å²) in [6.07, 6.45) is 0. The number of rotatable bonds is 7. The van der Waals surface area contributed by atoms with E-state index < -0.39 is 0 Å². The lowest BCUT2D eigenvalue weighted by molar-refractivity contribution is -0.132. The van der Waals surface area contributed by atoms with Crippen LogP contribution in [0.15, 0.2) is 28.5 Å². The maximum Gasteiger partial charge on any atom is 0.294 e. The van der Waals surface area contributed by atoms with Crippen LogP contribution in [0.2, 0.25) is 0 Å². The lowest BCUT2D eigenvalue weighted by Crippen LogP contribution is -2.13. The number of benzene rings is 1. The van der Waals surface area contributed by atoms with Crippen molar-refractivity contribution < 1.29 is 19.1 Å². The molecule has 8 heteroatoms. The Morgan fingerprint density at radius 3 is 2.85 bits per heavy atom. The van der Waals surface area contributed by atoms with Gasteiger partial charge < -0.3 is 14.8 Å². The van der Waals surface area contributed by atoms with Crippen molar-refractivity contribution in [3.63, 3.8) is 0 Å². The number of methoxy groups -OCH3 is 1. The minimum Gasteiger partial charge on any atom is -0.494 e. The number of carbonyl (C=O) groups excluding carboxylic acids is 2. The van der Waals surface area contributed by atoms with Crippen molar-refractivity contribution in [2.45, 2.75) is 6.92 Å². The molecule has 0 saturated carbocycles. The molecule has 1 aromatic rings. The van der Waals surface area contributed by atoms with E-state index in [-0.39, 0.29) is 12.6 Å². The molecule has 0 bridgehead atoms. The summed E-state index contributed by atoms with van der Waals surface area (Å²) in [5.41, 5.74) is 1.02. The molecule has 1 aromatic carbocycles. The molecule has 0 unspecified atom stereocenters. The van der Waals surface area contributed by atoms with Gasteiger partial charge in [-0.3, -0.25) is 9.59 Å². The molecule has 0 heterocycles. The van der Waals surface area contributed by atoms with Gasteiger partial charge in [-0.05, 0) is 18.2 Å². The molecule has 1 amide bonds. The van der Waals surface area contributed by atoms with Crippen molar-refractivity contribution in [1.82, 2.24) is 5.01 Å². The van der Waals surface area contributed by atoms with Crippen molar-refractivity contribution in [1.29, 1.82) is 0 Å². The molecule has 1 N–H and O–H groups in total. The standard InChI is InChI=1S/C12H16N4O4/c1-9(18)13-10-4-5-12(19-3)11(6-10)14-15-16(2)7-20-8-17/h4-6,8H,7H2,1-3H3,(H,13,18). The van der Waals surface area contributed by atoms with Crippen molar-refractivity contribution >= 4 is 23.8 Å². The zero-order chi connectivity index (χ0) is 15.0. The molecule has 0 fully saturated rings. The number of hydrogen-bond acceptors (Lipinski definition) is 6. The summed E-state index contributed by atoms with van der Waals surface area (Å²) in [6.45, 7) is 1.72. The minimum atomic E-state index is -0.186. The lowest BCUT2D eigenvalue weighted by Gasteiger charge is -2.10. The zero-order valence-electron chi connectivity index (χ0n) is 11.5. The SMILES string of the molecule is COc1ccc(NC(C)=O)cc1N=NN(C)COC=O. The van der Waals surface area contributed by atoms with Crippen LogP contribution in [0.3, 0.4) is 0 Å². The van der Waals surface area contributed by atoms with Crippen LogP contribution in [-0.2, 0) is 14.3 Å². The molecule has 0 aliphatic rings. The normalized spacial score (nSPS) is 10.2. The van der Waals surface area contributed by atoms with Crippen molar-refractivity contribution in [2.24, 2.45) is 10.3 Å².